The SMILES string of the molecule is CNc1ncc(C(=O)N2CCCC2COc2ccccc2)s1. The minimum absolute atomic E-state index is 0.0539. The molecule has 6 heteroatoms. The standard InChI is InChI=1S/C16H19N3O2S/c1-17-16-18-10-14(22-16)15(20)19-9-5-6-12(19)11-21-13-7-3-2-4-8-13/h2-4,7-8,10,12H,5-6,9,11H2,1H3,(H,17,18). The summed E-state index contributed by atoms with van der Waals surface area (Å²) in [4.78, 5) is 19.4. The van der Waals surface area contributed by atoms with Crippen LogP contribution in [0.3, 0.4) is 0 Å². The number of ether oxygens (including phenoxy) is 1. The number of hydrogen-bond donors (Lipinski definition) is 1. The molecular formula is C16H19N3O2S. The Balaban J connectivity index is 1.63. The van der Waals surface area contributed by atoms with E-state index in [1.807, 2.05) is 35.2 Å². The Bertz CT molecular complexity index is 629. The highest BCUT2D eigenvalue weighted by Crippen LogP contribution is 2.25. The number of rotatable bonds is 5. The van der Waals surface area contributed by atoms with E-state index in [-0.39, 0.29) is 11.9 Å². The molecule has 1 amide bonds. The van der Waals surface area contributed by atoms with Crippen molar-refractivity contribution in [2.45, 2.75) is 18.9 Å². The van der Waals surface area contributed by atoms with E-state index in [1.54, 1.807) is 13.2 Å². The lowest BCUT2D eigenvalue weighted by Gasteiger charge is -2.24. The van der Waals surface area contributed by atoms with Crippen molar-refractivity contribution < 1.29 is 9.53 Å². The van der Waals surface area contributed by atoms with Gasteiger partial charge in [-0.1, -0.05) is 29.5 Å². The number of carbonyl (C=O) groups is 1. The molecule has 2 heterocycles. The first-order valence-electron chi connectivity index (χ1n) is 7.40. The third-order valence-corrected chi connectivity index (χ3v) is 4.76. The van der Waals surface area contributed by atoms with Crippen LogP contribution in [0.4, 0.5) is 5.13 Å². The minimum atomic E-state index is 0.0539. The Hall–Kier alpha value is -2.08. The maximum Gasteiger partial charge on any atom is 0.266 e. The van der Waals surface area contributed by atoms with Crippen LogP contribution < -0.4 is 10.1 Å². The molecule has 0 saturated carbocycles. The number of likely N-dealkylation sites (tertiary alicyclic amines) is 1. The molecule has 0 aliphatic carbocycles. The van der Waals surface area contributed by atoms with Gasteiger partial charge in [-0.05, 0) is 25.0 Å². The summed E-state index contributed by atoms with van der Waals surface area (Å²) in [5.41, 5.74) is 0. The van der Waals surface area contributed by atoms with E-state index < -0.39 is 0 Å². The second-order valence-corrected chi connectivity index (χ2v) is 6.23. The van der Waals surface area contributed by atoms with Crippen molar-refractivity contribution in [3.63, 3.8) is 0 Å². The van der Waals surface area contributed by atoms with Crippen LogP contribution in [0.25, 0.3) is 0 Å². The summed E-state index contributed by atoms with van der Waals surface area (Å²) in [6.07, 6.45) is 3.65. The molecule has 1 atom stereocenters. The van der Waals surface area contributed by atoms with Gasteiger partial charge in [-0.15, -0.1) is 0 Å². The van der Waals surface area contributed by atoms with Gasteiger partial charge in [0, 0.05) is 13.6 Å². The van der Waals surface area contributed by atoms with Gasteiger partial charge in [0.05, 0.1) is 12.2 Å². The Morgan fingerprint density at radius 1 is 1.45 bits per heavy atom. The van der Waals surface area contributed by atoms with Crippen LogP contribution in [-0.2, 0) is 0 Å². The van der Waals surface area contributed by atoms with Gasteiger partial charge in [-0.25, -0.2) is 4.98 Å². The summed E-state index contributed by atoms with van der Waals surface area (Å²) in [7, 11) is 1.81. The van der Waals surface area contributed by atoms with Crippen molar-refractivity contribution in [3.8, 4) is 5.75 Å². The molecule has 1 aliphatic heterocycles. The summed E-state index contributed by atoms with van der Waals surface area (Å²) >= 11 is 1.39. The maximum absolute atomic E-state index is 12.6. The highest BCUT2D eigenvalue weighted by atomic mass is 32.1. The molecule has 22 heavy (non-hydrogen) atoms. The van der Waals surface area contributed by atoms with Crippen molar-refractivity contribution in [1.82, 2.24) is 9.88 Å². The Labute approximate surface area is 133 Å². The van der Waals surface area contributed by atoms with Gasteiger partial charge in [0.1, 0.15) is 17.2 Å². The van der Waals surface area contributed by atoms with Gasteiger partial charge in [0.15, 0.2) is 5.13 Å². The third-order valence-electron chi connectivity index (χ3n) is 3.75. The molecule has 1 aliphatic rings. The number of nitrogens with one attached hydrogen (secondary N) is 1. The van der Waals surface area contributed by atoms with Crippen molar-refractivity contribution in [3.05, 3.63) is 41.4 Å². The van der Waals surface area contributed by atoms with Crippen molar-refractivity contribution in [2.24, 2.45) is 0 Å². The molecule has 0 spiro atoms. The number of nitrogens with zero attached hydrogens (tertiary/aromatic N) is 2. The average molecular weight is 317 g/mol. The normalized spacial score (nSPS) is 17.5. The quantitative estimate of drug-likeness (QED) is 0.921. The average Bonchev–Trinajstić information content (AvgIpc) is 3.22. The fourth-order valence-electron chi connectivity index (χ4n) is 2.62. The highest BCUT2D eigenvalue weighted by molar-refractivity contribution is 7.17. The molecular weight excluding hydrogens is 298 g/mol. The Kier molecular flexibility index (Phi) is 4.58. The maximum atomic E-state index is 12.6. The molecule has 0 bridgehead atoms. The summed E-state index contributed by atoms with van der Waals surface area (Å²) in [6, 6.07) is 9.86. The van der Waals surface area contributed by atoms with Gasteiger partial charge in [-0.2, -0.15) is 0 Å². The third kappa shape index (κ3) is 3.22. The largest absolute Gasteiger partial charge is 0.491 e. The van der Waals surface area contributed by atoms with E-state index in [4.69, 9.17) is 4.74 Å². The number of para-hydroxylation sites is 1. The molecule has 1 aromatic heterocycles. The Morgan fingerprint density at radius 3 is 3.00 bits per heavy atom. The molecule has 116 valence electrons. The van der Waals surface area contributed by atoms with E-state index in [9.17, 15) is 4.79 Å². The van der Waals surface area contributed by atoms with Crippen molar-refractivity contribution >= 4 is 22.4 Å². The monoisotopic (exact) mass is 317 g/mol. The highest BCUT2D eigenvalue weighted by Gasteiger charge is 2.30. The lowest BCUT2D eigenvalue weighted by molar-refractivity contribution is 0.0696. The van der Waals surface area contributed by atoms with Crippen LogP contribution in [-0.4, -0.2) is 42.0 Å². The first kappa shape index (κ1) is 14.8. The van der Waals surface area contributed by atoms with Gasteiger partial charge in [0.2, 0.25) is 0 Å². The van der Waals surface area contributed by atoms with Gasteiger partial charge in [0.25, 0.3) is 5.91 Å². The topological polar surface area (TPSA) is 54.5 Å². The molecule has 1 unspecified atom stereocenters. The number of carbonyl (C=O) groups excluding carboxylic acids is 1. The van der Waals surface area contributed by atoms with Crippen LogP contribution in [0, 0.1) is 0 Å². The summed E-state index contributed by atoms with van der Waals surface area (Å²) in [5.74, 6) is 0.898. The molecule has 1 N–H and O–H groups in total. The lowest BCUT2D eigenvalue weighted by Crippen LogP contribution is -2.38. The number of benzene rings is 1. The zero-order valence-electron chi connectivity index (χ0n) is 12.5. The first-order chi connectivity index (χ1) is 10.8. The predicted molar refractivity (Wildman–Crippen MR) is 87.7 cm³/mol. The molecule has 0 radical (unpaired) electrons. The van der Waals surface area contributed by atoms with Crippen molar-refractivity contribution in [1.29, 1.82) is 0 Å². The number of hydrogen-bond acceptors (Lipinski definition) is 5. The van der Waals surface area contributed by atoms with Gasteiger partial charge in [-0.3, -0.25) is 4.79 Å². The number of aromatic nitrogens is 1. The number of amides is 1. The second-order valence-electron chi connectivity index (χ2n) is 5.20. The van der Waals surface area contributed by atoms with Crippen LogP contribution in [0.5, 0.6) is 5.75 Å². The summed E-state index contributed by atoms with van der Waals surface area (Å²) in [6.45, 7) is 1.32. The van der Waals surface area contributed by atoms with Crippen molar-refractivity contribution in [2.75, 3.05) is 25.5 Å². The summed E-state index contributed by atoms with van der Waals surface area (Å²) in [5, 5.41) is 3.73. The van der Waals surface area contributed by atoms with E-state index in [1.165, 1.54) is 11.3 Å². The van der Waals surface area contributed by atoms with E-state index in [2.05, 4.69) is 10.3 Å². The fourth-order valence-corrected chi connectivity index (χ4v) is 3.34. The number of anilines is 1. The molecule has 1 saturated heterocycles. The van der Waals surface area contributed by atoms with Crippen LogP contribution in [0.2, 0.25) is 0 Å². The minimum Gasteiger partial charge on any atom is -0.491 e. The summed E-state index contributed by atoms with van der Waals surface area (Å²) < 4.78 is 5.81. The molecule has 1 aromatic carbocycles. The lowest BCUT2D eigenvalue weighted by atomic mass is 10.2. The first-order valence-corrected chi connectivity index (χ1v) is 8.22. The predicted octanol–water partition coefficient (Wildman–Crippen LogP) is 2.87. The van der Waals surface area contributed by atoms with Crippen LogP contribution in [0.15, 0.2) is 36.5 Å². The fraction of sp³-hybridized carbons (Fsp3) is 0.375. The second kappa shape index (κ2) is 6.79. The van der Waals surface area contributed by atoms with E-state index in [0.717, 1.165) is 30.3 Å². The molecule has 5 nitrogen and oxygen atoms in total. The molecule has 3 rings (SSSR count). The van der Waals surface area contributed by atoms with E-state index >= 15 is 0 Å². The smallest absolute Gasteiger partial charge is 0.266 e. The van der Waals surface area contributed by atoms with E-state index in [0.29, 0.717) is 11.5 Å². The van der Waals surface area contributed by atoms with Gasteiger partial charge < -0.3 is 15.0 Å². The molecule has 1 fully saturated rings. The zero-order chi connectivity index (χ0) is 15.4. The number of thiazole rings is 1. The van der Waals surface area contributed by atoms with Crippen LogP contribution >= 0.6 is 11.3 Å². The molecule has 2 aromatic rings. The zero-order valence-corrected chi connectivity index (χ0v) is 13.3. The Morgan fingerprint density at radius 2 is 2.27 bits per heavy atom. The van der Waals surface area contributed by atoms with Gasteiger partial charge >= 0.3 is 0 Å². The van der Waals surface area contributed by atoms with Crippen LogP contribution in [0.1, 0.15) is 22.5 Å².